The van der Waals surface area contributed by atoms with Gasteiger partial charge in [-0.2, -0.15) is 0 Å². The number of fused-ring (bicyclic) bond motifs is 1. The van der Waals surface area contributed by atoms with Gasteiger partial charge in [0.1, 0.15) is 12.1 Å². The maximum Gasteiger partial charge on any atom is 0.475 e. The third-order valence-corrected chi connectivity index (χ3v) is 7.27. The first-order valence-electron chi connectivity index (χ1n) is 15.7. The van der Waals surface area contributed by atoms with Crippen LogP contribution in [0.25, 0.3) is 10.8 Å². The van der Waals surface area contributed by atoms with Gasteiger partial charge < -0.3 is 41.3 Å². The van der Waals surface area contributed by atoms with Crippen LogP contribution in [0.1, 0.15) is 58.9 Å². The summed E-state index contributed by atoms with van der Waals surface area (Å²) in [6.45, 7) is 6.27. The number of nitrogens with zero attached hydrogens (tertiary/aromatic N) is 1. The second kappa shape index (κ2) is 19.2. The molecule has 0 aliphatic rings. The van der Waals surface area contributed by atoms with Gasteiger partial charge in [0.2, 0.25) is 29.5 Å². The molecule has 0 bridgehead atoms. The Morgan fingerprint density at radius 2 is 1.53 bits per heavy atom. The van der Waals surface area contributed by atoms with E-state index in [1.807, 2.05) is 56.3 Å². The Kier molecular flexibility index (Phi) is 15.8. The number of carboxylic acid groups (broad SMARTS) is 1. The van der Waals surface area contributed by atoms with Crippen LogP contribution in [0.3, 0.4) is 0 Å². The standard InChI is InChI=1S/C32H46BN5O9/c1-5-15-38(32(45)21(4)35-28(40)18-34-27(39)13-14-30(42)43)19-29(41)36-25(31(44)37-26(33(46)47)16-20(2)3)17-23-11-8-10-22-9-6-7-12-24(22)23/h6-12,20-21,25-26,46-47H,5,13-19H2,1-4H3,(H,34,39)(H,35,40)(H,36,41)(H,37,44)(H,42,43)/t21-,25+,26+/m1/s1. The Morgan fingerprint density at radius 3 is 2.17 bits per heavy atom. The Labute approximate surface area is 274 Å². The lowest BCUT2D eigenvalue weighted by Gasteiger charge is -2.28. The summed E-state index contributed by atoms with van der Waals surface area (Å²) in [5.41, 5.74) is 0.779. The first-order chi connectivity index (χ1) is 22.2. The van der Waals surface area contributed by atoms with Crippen molar-refractivity contribution >= 4 is 53.4 Å². The van der Waals surface area contributed by atoms with Crippen molar-refractivity contribution in [3.05, 3.63) is 48.0 Å². The number of hydrogen-bond acceptors (Lipinski definition) is 8. The molecule has 47 heavy (non-hydrogen) atoms. The van der Waals surface area contributed by atoms with Crippen molar-refractivity contribution < 1.29 is 43.9 Å². The molecule has 5 amide bonds. The zero-order valence-corrected chi connectivity index (χ0v) is 27.3. The van der Waals surface area contributed by atoms with E-state index in [2.05, 4.69) is 21.3 Å². The molecule has 2 rings (SSSR count). The van der Waals surface area contributed by atoms with E-state index < -0.39 is 73.7 Å². The van der Waals surface area contributed by atoms with Gasteiger partial charge in [0, 0.05) is 19.4 Å². The molecular weight excluding hydrogens is 609 g/mol. The van der Waals surface area contributed by atoms with Gasteiger partial charge in [-0.05, 0) is 42.0 Å². The number of aliphatic carboxylic acids is 1. The van der Waals surface area contributed by atoms with Crippen LogP contribution in [-0.4, -0.2) is 100 Å². The van der Waals surface area contributed by atoms with Gasteiger partial charge in [-0.1, -0.05) is 63.2 Å². The fourth-order valence-electron chi connectivity index (χ4n) is 5.01. The summed E-state index contributed by atoms with van der Waals surface area (Å²) in [7, 11) is -1.82. The molecule has 2 aromatic carbocycles. The van der Waals surface area contributed by atoms with Crippen LogP contribution in [0.4, 0.5) is 0 Å². The second-order valence-electron chi connectivity index (χ2n) is 11.8. The number of carbonyl (C=O) groups excluding carboxylic acids is 5. The third-order valence-electron chi connectivity index (χ3n) is 7.27. The van der Waals surface area contributed by atoms with Crippen molar-refractivity contribution in [1.82, 2.24) is 26.2 Å². The number of hydrogen-bond donors (Lipinski definition) is 7. The molecule has 0 radical (unpaired) electrons. The molecule has 15 heteroatoms. The minimum atomic E-state index is -1.82. The van der Waals surface area contributed by atoms with E-state index in [0.29, 0.717) is 6.42 Å². The molecule has 0 saturated carbocycles. The summed E-state index contributed by atoms with van der Waals surface area (Å²) in [6, 6.07) is 11.0. The van der Waals surface area contributed by atoms with Crippen molar-refractivity contribution in [3.63, 3.8) is 0 Å². The van der Waals surface area contributed by atoms with Crippen LogP contribution in [0, 0.1) is 5.92 Å². The molecule has 0 fully saturated rings. The lowest BCUT2D eigenvalue weighted by Crippen LogP contribution is -2.57. The van der Waals surface area contributed by atoms with E-state index in [9.17, 15) is 38.8 Å². The van der Waals surface area contributed by atoms with Gasteiger partial charge in [-0.15, -0.1) is 0 Å². The molecule has 0 aromatic heterocycles. The molecule has 0 unspecified atom stereocenters. The maximum atomic E-state index is 13.5. The monoisotopic (exact) mass is 655 g/mol. The number of benzene rings is 2. The number of carbonyl (C=O) groups is 6. The average Bonchev–Trinajstić information content (AvgIpc) is 3.01. The number of nitrogens with one attached hydrogen (secondary N) is 4. The summed E-state index contributed by atoms with van der Waals surface area (Å²) < 4.78 is 0. The summed E-state index contributed by atoms with van der Waals surface area (Å²) in [5, 5.41) is 40.4. The van der Waals surface area contributed by atoms with Crippen LogP contribution in [-0.2, 0) is 35.2 Å². The number of carboxylic acids is 1. The normalized spacial score (nSPS) is 12.8. The minimum Gasteiger partial charge on any atom is -0.481 e. The maximum absolute atomic E-state index is 13.5. The van der Waals surface area contributed by atoms with Crippen LogP contribution in [0.5, 0.6) is 0 Å². The third kappa shape index (κ3) is 13.4. The fraction of sp³-hybridized carbons (Fsp3) is 0.500. The molecule has 14 nitrogen and oxygen atoms in total. The first-order valence-corrected chi connectivity index (χ1v) is 15.7. The van der Waals surface area contributed by atoms with Gasteiger partial charge in [-0.25, -0.2) is 0 Å². The summed E-state index contributed by atoms with van der Waals surface area (Å²) in [4.78, 5) is 76.0. The molecule has 3 atom stereocenters. The highest BCUT2D eigenvalue weighted by molar-refractivity contribution is 6.43. The van der Waals surface area contributed by atoms with E-state index in [-0.39, 0.29) is 38.1 Å². The fourth-order valence-corrected chi connectivity index (χ4v) is 5.01. The van der Waals surface area contributed by atoms with Crippen LogP contribution >= 0.6 is 0 Å². The molecule has 0 aliphatic heterocycles. The topological polar surface area (TPSA) is 214 Å². The summed E-state index contributed by atoms with van der Waals surface area (Å²) in [6.07, 6.45) is 0.177. The predicted molar refractivity (Wildman–Crippen MR) is 176 cm³/mol. The average molecular weight is 656 g/mol. The van der Waals surface area contributed by atoms with Gasteiger partial charge >= 0.3 is 13.1 Å². The smallest absolute Gasteiger partial charge is 0.475 e. The molecule has 0 saturated heterocycles. The van der Waals surface area contributed by atoms with E-state index in [1.165, 1.54) is 11.8 Å². The van der Waals surface area contributed by atoms with Gasteiger partial charge in [0.15, 0.2) is 0 Å². The van der Waals surface area contributed by atoms with Crippen molar-refractivity contribution in [3.8, 4) is 0 Å². The molecule has 7 N–H and O–H groups in total. The minimum absolute atomic E-state index is 0.0394. The second-order valence-corrected chi connectivity index (χ2v) is 11.8. The quantitative estimate of drug-likeness (QED) is 0.102. The summed E-state index contributed by atoms with van der Waals surface area (Å²) >= 11 is 0. The molecule has 256 valence electrons. The summed E-state index contributed by atoms with van der Waals surface area (Å²) in [5.74, 6) is -5.21. The van der Waals surface area contributed by atoms with Crippen LogP contribution in [0.2, 0.25) is 0 Å². The Bertz CT molecular complexity index is 1400. The first kappa shape index (κ1) is 38.7. The van der Waals surface area contributed by atoms with E-state index in [4.69, 9.17) is 5.11 Å². The molecule has 0 spiro atoms. The largest absolute Gasteiger partial charge is 0.481 e. The Balaban J connectivity index is 2.17. The van der Waals surface area contributed by atoms with E-state index in [0.717, 1.165) is 16.3 Å². The highest BCUT2D eigenvalue weighted by atomic mass is 16.4. The lowest BCUT2D eigenvalue weighted by atomic mass is 9.75. The van der Waals surface area contributed by atoms with E-state index in [1.54, 1.807) is 6.92 Å². The van der Waals surface area contributed by atoms with Gasteiger partial charge in [0.25, 0.3) is 0 Å². The lowest BCUT2D eigenvalue weighted by molar-refractivity contribution is -0.140. The molecule has 2 aromatic rings. The predicted octanol–water partition coefficient (Wildman–Crippen LogP) is 0.134. The zero-order valence-electron chi connectivity index (χ0n) is 27.3. The van der Waals surface area contributed by atoms with Gasteiger partial charge in [0.05, 0.1) is 25.5 Å². The molecule has 0 aliphatic carbocycles. The van der Waals surface area contributed by atoms with Crippen molar-refractivity contribution in [1.29, 1.82) is 0 Å². The Hall–Kier alpha value is -4.50. The van der Waals surface area contributed by atoms with Crippen molar-refractivity contribution in [2.24, 2.45) is 5.92 Å². The van der Waals surface area contributed by atoms with Crippen molar-refractivity contribution in [2.75, 3.05) is 19.6 Å². The highest BCUT2D eigenvalue weighted by Crippen LogP contribution is 2.20. The SMILES string of the molecule is CCCN(CC(=O)N[C@@H](Cc1cccc2ccccc12)C(=O)N[C@@H](CC(C)C)B(O)O)C(=O)[C@@H](C)NC(=O)CNC(=O)CCC(=O)O. The number of amides is 5. The van der Waals surface area contributed by atoms with Crippen LogP contribution in [0.15, 0.2) is 42.5 Å². The van der Waals surface area contributed by atoms with Crippen molar-refractivity contribution in [2.45, 2.75) is 77.8 Å². The number of rotatable bonds is 19. The zero-order chi connectivity index (χ0) is 35.1. The Morgan fingerprint density at radius 1 is 0.851 bits per heavy atom. The van der Waals surface area contributed by atoms with E-state index >= 15 is 0 Å². The van der Waals surface area contributed by atoms with Gasteiger partial charge in [-0.3, -0.25) is 28.8 Å². The van der Waals surface area contributed by atoms with Crippen LogP contribution < -0.4 is 21.3 Å². The molecule has 0 heterocycles. The highest BCUT2D eigenvalue weighted by Gasteiger charge is 2.31. The molecular formula is C32H46BN5O9.